The molecule has 0 atom stereocenters. The maximum absolute atomic E-state index is 13.9. The van der Waals surface area contributed by atoms with Crippen molar-refractivity contribution in [3.8, 4) is 6.07 Å². The number of piperazine rings is 1. The van der Waals surface area contributed by atoms with E-state index >= 15 is 0 Å². The van der Waals surface area contributed by atoms with Crippen molar-refractivity contribution in [3.05, 3.63) is 58.9 Å². The van der Waals surface area contributed by atoms with Crippen LogP contribution in [0.3, 0.4) is 0 Å². The third-order valence-corrected chi connectivity index (χ3v) is 6.28. The molecule has 1 aliphatic heterocycles. The number of hydrogen-bond donors (Lipinski definition) is 0. The highest BCUT2D eigenvalue weighted by molar-refractivity contribution is 7.89. The SMILES string of the molecule is N#Cc1cc(Cl)ccc1N1CCN(S(=O)(=O)c2ccccc2F)CC1. The summed E-state index contributed by atoms with van der Waals surface area (Å²) in [7, 11) is -3.88. The Labute approximate surface area is 150 Å². The van der Waals surface area contributed by atoms with Gasteiger partial charge in [0.05, 0.1) is 11.3 Å². The first kappa shape index (κ1) is 17.7. The van der Waals surface area contributed by atoms with Gasteiger partial charge in [0.15, 0.2) is 0 Å². The number of benzene rings is 2. The summed E-state index contributed by atoms with van der Waals surface area (Å²) in [6.45, 7) is 1.24. The highest BCUT2D eigenvalue weighted by Crippen LogP contribution is 2.26. The fourth-order valence-corrected chi connectivity index (χ4v) is 4.50. The molecule has 2 aromatic carbocycles. The zero-order chi connectivity index (χ0) is 18.0. The molecule has 5 nitrogen and oxygen atoms in total. The number of nitrogens with zero attached hydrogens (tertiary/aromatic N) is 3. The van der Waals surface area contributed by atoms with E-state index in [1.54, 1.807) is 18.2 Å². The van der Waals surface area contributed by atoms with Crippen molar-refractivity contribution < 1.29 is 12.8 Å². The Balaban J connectivity index is 1.79. The van der Waals surface area contributed by atoms with Gasteiger partial charge in [-0.1, -0.05) is 23.7 Å². The van der Waals surface area contributed by atoms with E-state index in [0.29, 0.717) is 23.7 Å². The molecule has 0 aliphatic carbocycles. The first-order valence-corrected chi connectivity index (χ1v) is 9.44. The molecule has 25 heavy (non-hydrogen) atoms. The van der Waals surface area contributed by atoms with Crippen LogP contribution < -0.4 is 4.90 Å². The van der Waals surface area contributed by atoms with Gasteiger partial charge in [-0.2, -0.15) is 9.57 Å². The van der Waals surface area contributed by atoms with E-state index in [0.717, 1.165) is 11.8 Å². The third kappa shape index (κ3) is 3.47. The summed E-state index contributed by atoms with van der Waals surface area (Å²) in [6.07, 6.45) is 0. The largest absolute Gasteiger partial charge is 0.368 e. The molecular formula is C17H15ClFN3O2S. The molecule has 0 N–H and O–H groups in total. The van der Waals surface area contributed by atoms with Crippen LogP contribution in [-0.2, 0) is 10.0 Å². The predicted octanol–water partition coefficient (Wildman–Crippen LogP) is 2.86. The molecule has 0 bridgehead atoms. The van der Waals surface area contributed by atoms with E-state index in [2.05, 4.69) is 6.07 Å². The van der Waals surface area contributed by atoms with Crippen LogP contribution in [-0.4, -0.2) is 38.9 Å². The fourth-order valence-electron chi connectivity index (χ4n) is 2.84. The van der Waals surface area contributed by atoms with Crippen molar-refractivity contribution in [2.75, 3.05) is 31.1 Å². The van der Waals surface area contributed by atoms with Crippen LogP contribution in [0, 0.1) is 17.1 Å². The maximum atomic E-state index is 13.9. The van der Waals surface area contributed by atoms with Crippen LogP contribution in [0.2, 0.25) is 5.02 Å². The zero-order valence-electron chi connectivity index (χ0n) is 13.2. The summed E-state index contributed by atoms with van der Waals surface area (Å²) >= 11 is 5.91. The second-order valence-corrected chi connectivity index (χ2v) is 7.94. The van der Waals surface area contributed by atoms with E-state index in [4.69, 9.17) is 11.6 Å². The molecule has 3 rings (SSSR count). The molecule has 1 fully saturated rings. The highest BCUT2D eigenvalue weighted by atomic mass is 35.5. The lowest BCUT2D eigenvalue weighted by Crippen LogP contribution is -2.49. The van der Waals surface area contributed by atoms with Crippen LogP contribution in [0.1, 0.15) is 5.56 Å². The van der Waals surface area contributed by atoms with Gasteiger partial charge in [0, 0.05) is 31.2 Å². The Hall–Kier alpha value is -2.14. The van der Waals surface area contributed by atoms with Gasteiger partial charge in [0.1, 0.15) is 16.8 Å². The molecule has 130 valence electrons. The lowest BCUT2D eigenvalue weighted by molar-refractivity contribution is 0.382. The van der Waals surface area contributed by atoms with Gasteiger partial charge < -0.3 is 4.90 Å². The zero-order valence-corrected chi connectivity index (χ0v) is 14.8. The Morgan fingerprint density at radius 1 is 1.08 bits per heavy atom. The second-order valence-electron chi connectivity index (χ2n) is 5.59. The maximum Gasteiger partial charge on any atom is 0.246 e. The van der Waals surface area contributed by atoms with E-state index in [9.17, 15) is 18.1 Å². The van der Waals surface area contributed by atoms with E-state index in [-0.39, 0.29) is 18.0 Å². The smallest absolute Gasteiger partial charge is 0.246 e. The topological polar surface area (TPSA) is 64.4 Å². The lowest BCUT2D eigenvalue weighted by atomic mass is 10.1. The van der Waals surface area contributed by atoms with Crippen LogP contribution in [0.5, 0.6) is 0 Å². The van der Waals surface area contributed by atoms with Crippen molar-refractivity contribution in [1.82, 2.24) is 4.31 Å². The summed E-state index contributed by atoms with van der Waals surface area (Å²) in [5.74, 6) is -0.755. The van der Waals surface area contributed by atoms with Crippen LogP contribution in [0.25, 0.3) is 0 Å². The number of anilines is 1. The van der Waals surface area contributed by atoms with Crippen LogP contribution in [0.4, 0.5) is 10.1 Å². The molecule has 0 radical (unpaired) electrons. The molecule has 2 aromatic rings. The van der Waals surface area contributed by atoms with Crippen LogP contribution in [0.15, 0.2) is 47.4 Å². The van der Waals surface area contributed by atoms with Gasteiger partial charge in [-0.3, -0.25) is 0 Å². The number of hydrogen-bond acceptors (Lipinski definition) is 4. The fraction of sp³-hybridized carbons (Fsp3) is 0.235. The number of halogens is 2. The first-order valence-electron chi connectivity index (χ1n) is 7.63. The van der Waals surface area contributed by atoms with E-state index in [1.807, 2.05) is 4.90 Å². The van der Waals surface area contributed by atoms with E-state index < -0.39 is 15.8 Å². The monoisotopic (exact) mass is 379 g/mol. The van der Waals surface area contributed by atoms with Crippen molar-refractivity contribution in [2.24, 2.45) is 0 Å². The van der Waals surface area contributed by atoms with Crippen molar-refractivity contribution >= 4 is 27.3 Å². The molecule has 1 heterocycles. The molecule has 1 saturated heterocycles. The van der Waals surface area contributed by atoms with Gasteiger partial charge in [0.2, 0.25) is 10.0 Å². The Bertz CT molecular complexity index is 935. The van der Waals surface area contributed by atoms with Crippen LogP contribution >= 0.6 is 11.6 Å². The Morgan fingerprint density at radius 2 is 1.76 bits per heavy atom. The van der Waals surface area contributed by atoms with Gasteiger partial charge in [-0.05, 0) is 30.3 Å². The second kappa shape index (κ2) is 7.00. The number of rotatable bonds is 3. The summed E-state index contributed by atoms with van der Waals surface area (Å²) in [5, 5.41) is 9.72. The molecular weight excluding hydrogens is 365 g/mol. The minimum absolute atomic E-state index is 0.212. The minimum atomic E-state index is -3.88. The highest BCUT2D eigenvalue weighted by Gasteiger charge is 2.31. The Morgan fingerprint density at radius 3 is 2.40 bits per heavy atom. The summed E-state index contributed by atoms with van der Waals surface area (Å²) in [6, 6.07) is 12.5. The molecule has 0 amide bonds. The molecule has 0 spiro atoms. The average molecular weight is 380 g/mol. The van der Waals surface area contributed by atoms with E-state index in [1.165, 1.54) is 22.5 Å². The van der Waals surface area contributed by atoms with Gasteiger partial charge >= 0.3 is 0 Å². The van der Waals surface area contributed by atoms with Crippen molar-refractivity contribution in [3.63, 3.8) is 0 Å². The molecule has 0 unspecified atom stereocenters. The average Bonchev–Trinajstić information content (AvgIpc) is 2.62. The standard InChI is InChI=1S/C17H15ClFN3O2S/c18-14-5-6-16(13(11-14)12-20)21-7-9-22(10-8-21)25(23,24)17-4-2-1-3-15(17)19/h1-6,11H,7-10H2. The quantitative estimate of drug-likeness (QED) is 0.822. The molecule has 0 aromatic heterocycles. The van der Waals surface area contributed by atoms with Gasteiger partial charge in [-0.15, -0.1) is 0 Å². The molecule has 1 aliphatic rings. The third-order valence-electron chi connectivity index (χ3n) is 4.11. The number of nitriles is 1. The first-order chi connectivity index (χ1) is 11.9. The summed E-state index contributed by atoms with van der Waals surface area (Å²) in [4.78, 5) is 1.62. The van der Waals surface area contributed by atoms with Crippen molar-refractivity contribution in [2.45, 2.75) is 4.90 Å². The number of sulfonamides is 1. The predicted molar refractivity (Wildman–Crippen MR) is 93.5 cm³/mol. The van der Waals surface area contributed by atoms with Crippen molar-refractivity contribution in [1.29, 1.82) is 5.26 Å². The molecule has 8 heteroatoms. The van der Waals surface area contributed by atoms with Gasteiger partial charge in [-0.25, -0.2) is 12.8 Å². The molecule has 0 saturated carbocycles. The Kier molecular flexibility index (Phi) is 4.95. The lowest BCUT2D eigenvalue weighted by Gasteiger charge is -2.35. The minimum Gasteiger partial charge on any atom is -0.368 e. The summed E-state index contributed by atoms with van der Waals surface area (Å²) < 4.78 is 40.4. The summed E-state index contributed by atoms with van der Waals surface area (Å²) in [5.41, 5.74) is 1.16. The normalized spacial score (nSPS) is 15.8. The van der Waals surface area contributed by atoms with Gasteiger partial charge in [0.25, 0.3) is 0 Å².